The molecule has 0 heterocycles. The minimum absolute atomic E-state index is 0.0628. The molecule has 0 aromatic heterocycles. The number of unbranched alkanes of at least 4 members (excludes halogenated alkanes) is 33. The first-order valence-electron chi connectivity index (χ1n) is 25.4. The van der Waals surface area contributed by atoms with E-state index in [1.54, 1.807) is 0 Å². The van der Waals surface area contributed by atoms with Gasteiger partial charge in [0.05, 0.1) is 0 Å². The third kappa shape index (κ3) is 45.3. The van der Waals surface area contributed by atoms with Gasteiger partial charge in [-0.15, -0.1) is 0 Å². The Hall–Kier alpha value is -1.59. The highest BCUT2D eigenvalue weighted by atomic mass is 16.6. The summed E-state index contributed by atoms with van der Waals surface area (Å²) in [5, 5.41) is 0. The largest absolute Gasteiger partial charge is 0.462 e. The summed E-state index contributed by atoms with van der Waals surface area (Å²) in [5.74, 6) is -0.00692. The van der Waals surface area contributed by atoms with Crippen LogP contribution in [0.15, 0.2) is 0 Å². The SMILES string of the molecule is CCCCCCCCCCCCCCCC(=O)O[C@@H](COC(=O)CCCCCCCCCCCC)COC(=O)CCCCCCCCCCCCCCCC(C)C. The molecule has 0 saturated carbocycles. The van der Waals surface area contributed by atoms with Gasteiger partial charge in [0, 0.05) is 19.3 Å². The summed E-state index contributed by atoms with van der Waals surface area (Å²) in [5.41, 5.74) is 0. The van der Waals surface area contributed by atoms with E-state index in [9.17, 15) is 14.4 Å². The van der Waals surface area contributed by atoms with Crippen LogP contribution in [0.2, 0.25) is 0 Å². The second-order valence-electron chi connectivity index (χ2n) is 17.9. The van der Waals surface area contributed by atoms with Crippen LogP contribution < -0.4 is 0 Å². The lowest BCUT2D eigenvalue weighted by molar-refractivity contribution is -0.167. The van der Waals surface area contributed by atoms with Gasteiger partial charge in [0.25, 0.3) is 0 Å². The van der Waals surface area contributed by atoms with Crippen molar-refractivity contribution in [2.75, 3.05) is 13.2 Å². The number of hydrogen-bond donors (Lipinski definition) is 0. The second-order valence-corrected chi connectivity index (χ2v) is 17.9. The van der Waals surface area contributed by atoms with E-state index in [1.165, 1.54) is 180 Å². The number of rotatable bonds is 46. The number of carbonyl (C=O) groups is 3. The maximum atomic E-state index is 12.7. The average molecular weight is 807 g/mol. The van der Waals surface area contributed by atoms with E-state index in [0.29, 0.717) is 19.3 Å². The van der Waals surface area contributed by atoms with Gasteiger partial charge < -0.3 is 14.2 Å². The molecule has 0 N–H and O–H groups in total. The van der Waals surface area contributed by atoms with Crippen LogP contribution in [0.25, 0.3) is 0 Å². The molecule has 0 spiro atoms. The van der Waals surface area contributed by atoms with Crippen LogP contribution in [0.4, 0.5) is 0 Å². The third-order valence-corrected chi connectivity index (χ3v) is 11.5. The molecule has 0 fully saturated rings. The van der Waals surface area contributed by atoms with Crippen molar-refractivity contribution in [1.29, 1.82) is 0 Å². The first-order chi connectivity index (χ1) is 27.9. The van der Waals surface area contributed by atoms with Gasteiger partial charge in [0.1, 0.15) is 13.2 Å². The molecule has 0 rings (SSSR count). The Morgan fingerprint density at radius 1 is 0.333 bits per heavy atom. The lowest BCUT2D eigenvalue weighted by atomic mass is 10.0. The zero-order valence-electron chi connectivity index (χ0n) is 38.8. The molecular weight excluding hydrogens is 709 g/mol. The summed E-state index contributed by atoms with van der Waals surface area (Å²) in [7, 11) is 0. The minimum Gasteiger partial charge on any atom is -0.462 e. The topological polar surface area (TPSA) is 78.9 Å². The Kier molecular flexibility index (Phi) is 44.2. The van der Waals surface area contributed by atoms with Crippen LogP contribution in [-0.4, -0.2) is 37.2 Å². The average Bonchev–Trinajstić information content (AvgIpc) is 3.19. The molecule has 0 aromatic rings. The first-order valence-corrected chi connectivity index (χ1v) is 25.4. The van der Waals surface area contributed by atoms with Gasteiger partial charge in [-0.25, -0.2) is 0 Å². The fourth-order valence-electron chi connectivity index (χ4n) is 7.69. The predicted molar refractivity (Wildman–Crippen MR) is 243 cm³/mol. The van der Waals surface area contributed by atoms with Gasteiger partial charge in [-0.05, 0) is 25.2 Å². The summed E-state index contributed by atoms with van der Waals surface area (Å²) < 4.78 is 16.8. The second kappa shape index (κ2) is 45.5. The number of esters is 3. The molecular formula is C51H98O6. The molecule has 0 saturated heterocycles. The van der Waals surface area contributed by atoms with E-state index in [4.69, 9.17) is 14.2 Å². The molecule has 1 atom stereocenters. The highest BCUT2D eigenvalue weighted by molar-refractivity contribution is 5.71. The first kappa shape index (κ1) is 55.4. The smallest absolute Gasteiger partial charge is 0.306 e. The summed E-state index contributed by atoms with van der Waals surface area (Å²) in [4.78, 5) is 37.8. The Morgan fingerprint density at radius 2 is 0.579 bits per heavy atom. The molecule has 0 radical (unpaired) electrons. The molecule has 6 heteroatoms. The fourth-order valence-corrected chi connectivity index (χ4v) is 7.69. The molecule has 0 aromatic carbocycles. The molecule has 57 heavy (non-hydrogen) atoms. The molecule has 0 bridgehead atoms. The molecule has 0 aliphatic carbocycles. The Morgan fingerprint density at radius 3 is 0.860 bits per heavy atom. The van der Waals surface area contributed by atoms with Crippen molar-refractivity contribution in [3.05, 3.63) is 0 Å². The number of hydrogen-bond acceptors (Lipinski definition) is 6. The predicted octanol–water partition coefficient (Wildman–Crippen LogP) is 16.3. The maximum absolute atomic E-state index is 12.7. The van der Waals surface area contributed by atoms with Gasteiger partial charge in [-0.1, -0.05) is 246 Å². The van der Waals surface area contributed by atoms with Crippen molar-refractivity contribution >= 4 is 17.9 Å². The molecule has 0 aliphatic rings. The van der Waals surface area contributed by atoms with Gasteiger partial charge in [0.15, 0.2) is 6.10 Å². The molecule has 338 valence electrons. The Labute approximate surface area is 355 Å². The van der Waals surface area contributed by atoms with Crippen molar-refractivity contribution in [2.45, 2.75) is 291 Å². The molecule has 6 nitrogen and oxygen atoms in total. The van der Waals surface area contributed by atoms with Gasteiger partial charge >= 0.3 is 17.9 Å². The van der Waals surface area contributed by atoms with Gasteiger partial charge in [-0.3, -0.25) is 14.4 Å². The monoisotopic (exact) mass is 807 g/mol. The fraction of sp³-hybridized carbons (Fsp3) is 0.941. The van der Waals surface area contributed by atoms with Crippen LogP contribution in [0.5, 0.6) is 0 Å². The van der Waals surface area contributed by atoms with Crippen molar-refractivity contribution in [3.63, 3.8) is 0 Å². The van der Waals surface area contributed by atoms with Crippen LogP contribution >= 0.6 is 0 Å². The zero-order valence-corrected chi connectivity index (χ0v) is 38.8. The van der Waals surface area contributed by atoms with E-state index < -0.39 is 6.10 Å². The van der Waals surface area contributed by atoms with Gasteiger partial charge in [-0.2, -0.15) is 0 Å². The van der Waals surface area contributed by atoms with E-state index in [2.05, 4.69) is 27.7 Å². The Balaban J connectivity index is 4.28. The van der Waals surface area contributed by atoms with Crippen LogP contribution in [0.1, 0.15) is 285 Å². The summed E-state index contributed by atoms with van der Waals surface area (Å²) in [6.07, 6.45) is 46.5. The molecule has 0 amide bonds. The third-order valence-electron chi connectivity index (χ3n) is 11.5. The quantitative estimate of drug-likeness (QED) is 0.0346. The summed E-state index contributed by atoms with van der Waals surface area (Å²) in [6.45, 7) is 9.02. The van der Waals surface area contributed by atoms with E-state index >= 15 is 0 Å². The van der Waals surface area contributed by atoms with Crippen LogP contribution in [0.3, 0.4) is 0 Å². The van der Waals surface area contributed by atoms with Gasteiger partial charge in [0.2, 0.25) is 0 Å². The lowest BCUT2D eigenvalue weighted by Gasteiger charge is -2.18. The minimum atomic E-state index is -0.759. The van der Waals surface area contributed by atoms with Crippen LogP contribution in [-0.2, 0) is 28.6 Å². The zero-order chi connectivity index (χ0) is 41.7. The van der Waals surface area contributed by atoms with E-state index in [0.717, 1.165) is 63.7 Å². The Bertz CT molecular complexity index is 857. The standard InChI is InChI=1S/C51H98O6/c1-5-7-9-11-13-15-17-19-24-28-32-36-40-44-51(54)57-48(45-55-49(52)42-38-34-30-26-16-14-12-10-8-6-2)46-56-50(53)43-39-35-31-27-23-21-18-20-22-25-29-33-37-41-47(3)4/h47-48H,5-46H2,1-4H3/t48-/m0/s1. The van der Waals surface area contributed by atoms with Crippen molar-refractivity contribution in [3.8, 4) is 0 Å². The van der Waals surface area contributed by atoms with E-state index in [1.807, 2.05) is 0 Å². The highest BCUT2D eigenvalue weighted by Gasteiger charge is 2.19. The number of ether oxygens (including phenoxy) is 3. The number of carbonyl (C=O) groups excluding carboxylic acids is 3. The summed E-state index contributed by atoms with van der Waals surface area (Å²) in [6, 6.07) is 0. The highest BCUT2D eigenvalue weighted by Crippen LogP contribution is 2.17. The van der Waals surface area contributed by atoms with E-state index in [-0.39, 0.29) is 31.1 Å². The summed E-state index contributed by atoms with van der Waals surface area (Å²) >= 11 is 0. The molecule has 0 aliphatic heterocycles. The normalized spacial score (nSPS) is 11.9. The van der Waals surface area contributed by atoms with Crippen molar-refractivity contribution < 1.29 is 28.6 Å². The lowest BCUT2D eigenvalue weighted by Crippen LogP contribution is -2.30. The van der Waals surface area contributed by atoms with Crippen LogP contribution in [0, 0.1) is 5.92 Å². The maximum Gasteiger partial charge on any atom is 0.306 e. The molecule has 0 unspecified atom stereocenters. The van der Waals surface area contributed by atoms with Crippen molar-refractivity contribution in [2.24, 2.45) is 5.92 Å². The van der Waals surface area contributed by atoms with Crippen molar-refractivity contribution in [1.82, 2.24) is 0 Å².